The van der Waals surface area contributed by atoms with Gasteiger partial charge >= 0.3 is 0 Å². The maximum Gasteiger partial charge on any atom is 0.191 e. The van der Waals surface area contributed by atoms with Gasteiger partial charge in [-0.05, 0) is 26.3 Å². The summed E-state index contributed by atoms with van der Waals surface area (Å²) in [5.41, 5.74) is 3.74. The van der Waals surface area contributed by atoms with Crippen LogP contribution in [-0.2, 0) is 11.2 Å². The normalized spacial score (nSPS) is 16.6. The van der Waals surface area contributed by atoms with E-state index in [0.29, 0.717) is 6.54 Å². The topological polar surface area (TPSA) is 61.8 Å². The molecule has 0 amide bonds. The lowest BCUT2D eigenvalue weighted by atomic mass is 10.0. The number of hydrogen-bond donors (Lipinski definition) is 2. The van der Waals surface area contributed by atoms with E-state index in [4.69, 9.17) is 9.73 Å². The molecule has 6 nitrogen and oxygen atoms in total. The Kier molecular flexibility index (Phi) is 8.46. The number of nitrogens with zero attached hydrogens (tertiary/aromatic N) is 3. The molecule has 0 spiro atoms. The fraction of sp³-hybridized carbons (Fsp3) is 0.545. The van der Waals surface area contributed by atoms with Crippen LogP contribution in [0.1, 0.15) is 34.8 Å². The van der Waals surface area contributed by atoms with E-state index in [1.807, 2.05) is 6.92 Å². The number of nitrogens with one attached hydrogen (secondary N) is 2. The highest BCUT2D eigenvalue weighted by atomic mass is 32.1. The van der Waals surface area contributed by atoms with E-state index in [9.17, 15) is 0 Å². The minimum atomic E-state index is 0.260. The molecule has 29 heavy (non-hydrogen) atoms. The van der Waals surface area contributed by atoms with Gasteiger partial charge in [0.15, 0.2) is 5.96 Å². The molecule has 2 heterocycles. The summed E-state index contributed by atoms with van der Waals surface area (Å²) in [7, 11) is 0. The Bertz CT molecular complexity index is 768. The smallest absolute Gasteiger partial charge is 0.191 e. The lowest BCUT2D eigenvalue weighted by molar-refractivity contribution is 0.0179. The highest BCUT2D eigenvalue weighted by Crippen LogP contribution is 2.23. The number of aliphatic imine (C=N–C) groups is 1. The zero-order chi connectivity index (χ0) is 20.5. The summed E-state index contributed by atoms with van der Waals surface area (Å²) >= 11 is 1.70. The van der Waals surface area contributed by atoms with Crippen molar-refractivity contribution >= 4 is 17.3 Å². The largest absolute Gasteiger partial charge is 0.379 e. The van der Waals surface area contributed by atoms with Gasteiger partial charge in [0.1, 0.15) is 0 Å². The summed E-state index contributed by atoms with van der Waals surface area (Å²) in [5, 5.41) is 10.1. The van der Waals surface area contributed by atoms with Crippen molar-refractivity contribution in [3.63, 3.8) is 0 Å². The van der Waals surface area contributed by atoms with Gasteiger partial charge in [-0.2, -0.15) is 0 Å². The van der Waals surface area contributed by atoms with Crippen molar-refractivity contribution in [2.45, 2.75) is 33.2 Å². The van der Waals surface area contributed by atoms with Crippen LogP contribution in [0, 0.1) is 13.8 Å². The molecule has 1 atom stereocenters. The summed E-state index contributed by atoms with van der Waals surface area (Å²) in [6.07, 6.45) is 0.902. The van der Waals surface area contributed by atoms with Crippen LogP contribution in [0.15, 0.2) is 34.6 Å². The summed E-state index contributed by atoms with van der Waals surface area (Å²) in [5.74, 6) is 0.866. The van der Waals surface area contributed by atoms with E-state index >= 15 is 0 Å². The molecule has 0 saturated carbocycles. The van der Waals surface area contributed by atoms with Gasteiger partial charge in [-0.3, -0.25) is 9.89 Å². The molecular formula is C22H33N5OS. The lowest BCUT2D eigenvalue weighted by Crippen LogP contribution is -2.42. The summed E-state index contributed by atoms with van der Waals surface area (Å²) in [6.45, 7) is 12.1. The standard InChI is InChI=1S/C22H33N5OS/c1-4-23-22(24-10-9-20-16-29-18(3)26-20)25-15-21(27-11-13-28-14-12-27)19-7-5-17(2)6-8-19/h5-8,16,21H,4,9-15H2,1-3H3,(H2,23,24,25). The second-order valence-electron chi connectivity index (χ2n) is 7.33. The second kappa shape index (κ2) is 11.3. The molecule has 1 unspecified atom stereocenters. The first-order valence-electron chi connectivity index (χ1n) is 10.5. The van der Waals surface area contributed by atoms with Gasteiger partial charge in [0, 0.05) is 38.0 Å². The number of thiazole rings is 1. The van der Waals surface area contributed by atoms with Crippen molar-refractivity contribution in [1.82, 2.24) is 20.5 Å². The second-order valence-corrected chi connectivity index (χ2v) is 8.39. The highest BCUT2D eigenvalue weighted by molar-refractivity contribution is 7.09. The molecule has 1 fully saturated rings. The fourth-order valence-corrected chi connectivity index (χ4v) is 4.11. The van der Waals surface area contributed by atoms with Crippen LogP contribution in [0.5, 0.6) is 0 Å². The molecule has 1 aliphatic heterocycles. The first-order chi connectivity index (χ1) is 14.2. The van der Waals surface area contributed by atoms with E-state index in [0.717, 1.165) is 62.5 Å². The Morgan fingerprint density at radius 1 is 1.21 bits per heavy atom. The average molecular weight is 416 g/mol. The Hall–Kier alpha value is -1.96. The SMILES string of the molecule is CCNC(=NCC(c1ccc(C)cc1)N1CCOCC1)NCCc1csc(C)n1. The molecular weight excluding hydrogens is 382 g/mol. The number of rotatable bonds is 8. The molecule has 3 rings (SSSR count). The number of aromatic nitrogens is 1. The Morgan fingerprint density at radius 2 is 1.97 bits per heavy atom. The molecule has 0 radical (unpaired) electrons. The van der Waals surface area contributed by atoms with Gasteiger partial charge in [-0.15, -0.1) is 11.3 Å². The molecule has 0 aliphatic carbocycles. The molecule has 1 saturated heterocycles. The molecule has 1 aromatic carbocycles. The van der Waals surface area contributed by atoms with Crippen molar-refractivity contribution in [2.75, 3.05) is 45.9 Å². The summed E-state index contributed by atoms with van der Waals surface area (Å²) in [4.78, 5) is 11.9. The maximum atomic E-state index is 5.56. The van der Waals surface area contributed by atoms with Crippen LogP contribution in [0.4, 0.5) is 0 Å². The van der Waals surface area contributed by atoms with Crippen molar-refractivity contribution in [3.05, 3.63) is 51.5 Å². The first kappa shape index (κ1) is 21.7. The molecule has 7 heteroatoms. The number of benzene rings is 1. The van der Waals surface area contributed by atoms with Crippen molar-refractivity contribution in [2.24, 2.45) is 4.99 Å². The van der Waals surface area contributed by atoms with Crippen LogP contribution in [0.25, 0.3) is 0 Å². The molecule has 1 aliphatic rings. The van der Waals surface area contributed by atoms with Crippen LogP contribution < -0.4 is 10.6 Å². The van der Waals surface area contributed by atoms with Crippen LogP contribution in [0.2, 0.25) is 0 Å². The van der Waals surface area contributed by atoms with Gasteiger partial charge in [0.25, 0.3) is 0 Å². The molecule has 2 aromatic rings. The first-order valence-corrected chi connectivity index (χ1v) is 11.3. The van der Waals surface area contributed by atoms with Crippen LogP contribution >= 0.6 is 11.3 Å². The maximum absolute atomic E-state index is 5.56. The Balaban J connectivity index is 1.65. The summed E-state index contributed by atoms with van der Waals surface area (Å²) in [6, 6.07) is 9.10. The minimum absolute atomic E-state index is 0.260. The van der Waals surface area contributed by atoms with Crippen molar-refractivity contribution in [3.8, 4) is 0 Å². The third kappa shape index (κ3) is 6.80. The monoisotopic (exact) mass is 415 g/mol. The molecule has 1 aromatic heterocycles. The van der Waals surface area contributed by atoms with Gasteiger partial charge in [-0.25, -0.2) is 4.98 Å². The third-order valence-electron chi connectivity index (χ3n) is 5.06. The number of guanidine groups is 1. The third-order valence-corrected chi connectivity index (χ3v) is 5.88. The van der Waals surface area contributed by atoms with E-state index in [2.05, 4.69) is 64.0 Å². The van der Waals surface area contributed by atoms with E-state index in [-0.39, 0.29) is 6.04 Å². The van der Waals surface area contributed by atoms with E-state index in [1.54, 1.807) is 11.3 Å². The van der Waals surface area contributed by atoms with E-state index < -0.39 is 0 Å². The quantitative estimate of drug-likeness (QED) is 0.513. The minimum Gasteiger partial charge on any atom is -0.379 e. The lowest BCUT2D eigenvalue weighted by Gasteiger charge is -2.34. The predicted octanol–water partition coefficient (Wildman–Crippen LogP) is 2.93. The molecule has 158 valence electrons. The predicted molar refractivity (Wildman–Crippen MR) is 121 cm³/mol. The molecule has 2 N–H and O–H groups in total. The summed E-state index contributed by atoms with van der Waals surface area (Å²) < 4.78 is 5.56. The van der Waals surface area contributed by atoms with Gasteiger partial charge < -0.3 is 15.4 Å². The van der Waals surface area contributed by atoms with Crippen molar-refractivity contribution < 1.29 is 4.74 Å². The van der Waals surface area contributed by atoms with Crippen molar-refractivity contribution in [1.29, 1.82) is 0 Å². The number of aryl methyl sites for hydroxylation is 2. The molecule has 0 bridgehead atoms. The Labute approximate surface area is 178 Å². The average Bonchev–Trinajstić information content (AvgIpc) is 3.15. The van der Waals surface area contributed by atoms with Crippen LogP contribution in [-0.4, -0.2) is 61.8 Å². The number of hydrogen-bond acceptors (Lipinski definition) is 5. The van der Waals surface area contributed by atoms with Gasteiger partial charge in [0.05, 0.1) is 36.5 Å². The number of morpholine rings is 1. The van der Waals surface area contributed by atoms with E-state index in [1.165, 1.54) is 11.1 Å². The highest BCUT2D eigenvalue weighted by Gasteiger charge is 2.22. The Morgan fingerprint density at radius 3 is 2.62 bits per heavy atom. The number of ether oxygens (including phenoxy) is 1. The van der Waals surface area contributed by atoms with Crippen LogP contribution in [0.3, 0.4) is 0 Å². The fourth-order valence-electron chi connectivity index (χ4n) is 3.46. The van der Waals surface area contributed by atoms with Gasteiger partial charge in [-0.1, -0.05) is 29.8 Å². The zero-order valence-corrected chi connectivity index (χ0v) is 18.6. The van der Waals surface area contributed by atoms with Gasteiger partial charge in [0.2, 0.25) is 0 Å². The zero-order valence-electron chi connectivity index (χ0n) is 17.8.